The highest BCUT2D eigenvalue weighted by Crippen LogP contribution is 2.36. The van der Waals surface area contributed by atoms with Crippen LogP contribution in [-0.2, 0) is 6.61 Å². The van der Waals surface area contributed by atoms with Crippen LogP contribution in [0.4, 0.5) is 11.6 Å². The molecule has 0 saturated heterocycles. The number of nitrogens with zero attached hydrogens (tertiary/aromatic N) is 3. The molecule has 0 unspecified atom stereocenters. The van der Waals surface area contributed by atoms with Crippen molar-refractivity contribution in [3.05, 3.63) is 89.7 Å². The van der Waals surface area contributed by atoms with E-state index in [1.807, 2.05) is 42.5 Å². The molecule has 5 rings (SSSR count). The highest BCUT2D eigenvalue weighted by Gasteiger charge is 2.17. The lowest BCUT2D eigenvalue weighted by atomic mass is 10.1. The van der Waals surface area contributed by atoms with Crippen LogP contribution in [0.5, 0.6) is 5.75 Å². The molecule has 5 aromatic rings. The number of halogens is 1. The minimum absolute atomic E-state index is 0.173. The molecule has 154 valence electrons. The molecular formula is C23H19ClN6O. The Balaban J connectivity index is 1.44. The van der Waals surface area contributed by atoms with E-state index in [-0.39, 0.29) is 6.61 Å². The molecule has 0 fully saturated rings. The monoisotopic (exact) mass is 430 g/mol. The number of aromatic nitrogens is 4. The second-order valence-electron chi connectivity index (χ2n) is 6.96. The van der Waals surface area contributed by atoms with Crippen molar-refractivity contribution in [3.8, 4) is 17.0 Å². The molecule has 31 heavy (non-hydrogen) atoms. The number of nitrogens with one attached hydrogen (secondary N) is 2. The fourth-order valence-electron chi connectivity index (χ4n) is 3.39. The first kappa shape index (κ1) is 19.0. The minimum atomic E-state index is 0.173. The van der Waals surface area contributed by atoms with Crippen LogP contribution in [-0.4, -0.2) is 19.9 Å². The summed E-state index contributed by atoms with van der Waals surface area (Å²) in [5, 5.41) is 13.4. The van der Waals surface area contributed by atoms with Crippen LogP contribution in [0.1, 0.15) is 5.82 Å². The maximum atomic E-state index is 6.26. The van der Waals surface area contributed by atoms with Crippen LogP contribution in [0.25, 0.3) is 22.2 Å². The lowest BCUT2D eigenvalue weighted by Crippen LogP contribution is -2.17. The smallest absolute Gasteiger partial charge is 0.248 e. The second kappa shape index (κ2) is 8.04. The van der Waals surface area contributed by atoms with Gasteiger partial charge in [-0.25, -0.2) is 4.68 Å². The highest BCUT2D eigenvalue weighted by atomic mass is 35.5. The van der Waals surface area contributed by atoms with Gasteiger partial charge in [-0.05, 0) is 30.3 Å². The Morgan fingerprint density at radius 2 is 1.68 bits per heavy atom. The third-order valence-electron chi connectivity index (χ3n) is 4.95. The molecule has 0 bridgehead atoms. The molecule has 3 aromatic carbocycles. The highest BCUT2D eigenvalue weighted by molar-refractivity contribution is 6.30. The number of ether oxygens (including phenoxy) is 1. The molecule has 0 aliphatic heterocycles. The van der Waals surface area contributed by atoms with E-state index in [2.05, 4.69) is 32.6 Å². The molecule has 2 heterocycles. The van der Waals surface area contributed by atoms with Crippen molar-refractivity contribution in [2.45, 2.75) is 6.61 Å². The van der Waals surface area contributed by atoms with Crippen LogP contribution in [0.15, 0.2) is 78.9 Å². The summed E-state index contributed by atoms with van der Waals surface area (Å²) in [6, 6.07) is 25.3. The lowest BCUT2D eigenvalue weighted by molar-refractivity contribution is 0.292. The number of fused-ring (bicyclic) bond motifs is 1. The van der Waals surface area contributed by atoms with Crippen molar-refractivity contribution in [1.82, 2.24) is 19.9 Å². The summed E-state index contributed by atoms with van der Waals surface area (Å²) in [4.78, 5) is 3.48. The Hall–Kier alpha value is -3.97. The topological polar surface area (TPSA) is 93.8 Å². The van der Waals surface area contributed by atoms with Gasteiger partial charge in [0.15, 0.2) is 5.82 Å². The van der Waals surface area contributed by atoms with E-state index < -0.39 is 0 Å². The predicted molar refractivity (Wildman–Crippen MR) is 123 cm³/mol. The van der Waals surface area contributed by atoms with Crippen LogP contribution >= 0.6 is 11.6 Å². The van der Waals surface area contributed by atoms with E-state index in [0.29, 0.717) is 22.5 Å². The molecule has 0 atom stereocenters. The number of rotatable bonds is 6. The molecule has 0 saturated carbocycles. The summed E-state index contributed by atoms with van der Waals surface area (Å²) in [6.45, 7) is 0.173. The molecule has 7 nitrogen and oxygen atoms in total. The average molecular weight is 431 g/mol. The molecule has 0 spiro atoms. The third-order valence-corrected chi connectivity index (χ3v) is 5.21. The Bertz CT molecular complexity index is 1330. The first-order valence-corrected chi connectivity index (χ1v) is 10.1. The predicted octanol–water partition coefficient (Wildman–Crippen LogP) is 5.12. The second-order valence-corrected chi connectivity index (χ2v) is 7.40. The standard InChI is InChI=1S/C23H19ClN6O/c24-16-10-12-17(13-11-16)31-14-20-28-29-23(30(20)25)27-22-18-8-4-5-9-19(18)26-21(22)15-6-2-1-3-7-15/h1-13,26H,14,25H2,(H,27,29). The molecular weight excluding hydrogens is 412 g/mol. The number of benzene rings is 3. The van der Waals surface area contributed by atoms with Gasteiger partial charge in [-0.3, -0.25) is 0 Å². The van der Waals surface area contributed by atoms with E-state index in [1.165, 1.54) is 4.68 Å². The molecule has 2 aromatic heterocycles. The van der Waals surface area contributed by atoms with E-state index in [1.54, 1.807) is 24.3 Å². The number of nitrogen functional groups attached to an aromatic ring is 1. The van der Waals surface area contributed by atoms with Gasteiger partial charge in [0.2, 0.25) is 5.95 Å². The molecule has 0 radical (unpaired) electrons. The Morgan fingerprint density at radius 1 is 0.935 bits per heavy atom. The van der Waals surface area contributed by atoms with Crippen molar-refractivity contribution in [2.24, 2.45) is 0 Å². The van der Waals surface area contributed by atoms with E-state index >= 15 is 0 Å². The minimum Gasteiger partial charge on any atom is -0.486 e. The number of hydrogen-bond donors (Lipinski definition) is 3. The van der Waals surface area contributed by atoms with E-state index in [9.17, 15) is 0 Å². The summed E-state index contributed by atoms with van der Waals surface area (Å²) < 4.78 is 7.14. The normalized spacial score (nSPS) is 11.0. The zero-order valence-electron chi connectivity index (χ0n) is 16.4. The van der Waals surface area contributed by atoms with Gasteiger partial charge in [-0.15, -0.1) is 10.2 Å². The summed E-state index contributed by atoms with van der Waals surface area (Å²) >= 11 is 5.91. The third kappa shape index (κ3) is 3.78. The fourth-order valence-corrected chi connectivity index (χ4v) is 3.52. The molecule has 0 aliphatic carbocycles. The summed E-state index contributed by atoms with van der Waals surface area (Å²) in [5.41, 5.74) is 3.89. The van der Waals surface area contributed by atoms with Crippen molar-refractivity contribution >= 4 is 34.1 Å². The quantitative estimate of drug-likeness (QED) is 0.325. The van der Waals surface area contributed by atoms with Crippen molar-refractivity contribution in [3.63, 3.8) is 0 Å². The molecule has 0 amide bonds. The van der Waals surface area contributed by atoms with Crippen molar-refractivity contribution in [1.29, 1.82) is 0 Å². The first-order valence-electron chi connectivity index (χ1n) is 9.70. The van der Waals surface area contributed by atoms with Crippen LogP contribution < -0.4 is 15.9 Å². The van der Waals surface area contributed by atoms with Gasteiger partial charge < -0.3 is 20.9 Å². The summed E-state index contributed by atoms with van der Waals surface area (Å²) in [5.74, 6) is 7.83. The molecule has 4 N–H and O–H groups in total. The van der Waals surface area contributed by atoms with E-state index in [0.717, 1.165) is 27.8 Å². The van der Waals surface area contributed by atoms with Crippen LogP contribution in [0, 0.1) is 0 Å². The van der Waals surface area contributed by atoms with Gasteiger partial charge in [0.05, 0.1) is 11.4 Å². The van der Waals surface area contributed by atoms with Gasteiger partial charge in [0.25, 0.3) is 0 Å². The zero-order valence-corrected chi connectivity index (χ0v) is 17.2. The zero-order chi connectivity index (χ0) is 21.2. The van der Waals surface area contributed by atoms with Crippen LogP contribution in [0.3, 0.4) is 0 Å². The average Bonchev–Trinajstić information content (AvgIpc) is 3.35. The number of hydrogen-bond acceptors (Lipinski definition) is 5. The molecule has 0 aliphatic rings. The maximum Gasteiger partial charge on any atom is 0.248 e. The van der Waals surface area contributed by atoms with Gasteiger partial charge in [0.1, 0.15) is 12.4 Å². The van der Waals surface area contributed by atoms with Gasteiger partial charge in [-0.2, -0.15) is 0 Å². The number of anilines is 2. The molecule has 8 heteroatoms. The van der Waals surface area contributed by atoms with Crippen LogP contribution in [0.2, 0.25) is 5.02 Å². The number of nitrogens with two attached hydrogens (primary N) is 1. The Kier molecular flexibility index (Phi) is 4.93. The summed E-state index contributed by atoms with van der Waals surface area (Å²) in [7, 11) is 0. The van der Waals surface area contributed by atoms with Gasteiger partial charge in [-0.1, -0.05) is 60.1 Å². The van der Waals surface area contributed by atoms with Crippen molar-refractivity contribution in [2.75, 3.05) is 11.2 Å². The lowest BCUT2D eigenvalue weighted by Gasteiger charge is -2.09. The van der Waals surface area contributed by atoms with Gasteiger partial charge in [0, 0.05) is 21.5 Å². The fraction of sp³-hybridized carbons (Fsp3) is 0.0435. The van der Waals surface area contributed by atoms with Gasteiger partial charge >= 0.3 is 0 Å². The number of aromatic amines is 1. The van der Waals surface area contributed by atoms with Crippen molar-refractivity contribution < 1.29 is 4.74 Å². The largest absolute Gasteiger partial charge is 0.486 e. The Morgan fingerprint density at radius 3 is 2.48 bits per heavy atom. The Labute approximate surface area is 183 Å². The SMILES string of the molecule is Nn1c(COc2ccc(Cl)cc2)nnc1Nc1c(-c2ccccc2)[nH]c2ccccc12. The summed E-state index contributed by atoms with van der Waals surface area (Å²) in [6.07, 6.45) is 0. The number of para-hydroxylation sites is 1. The van der Waals surface area contributed by atoms with E-state index in [4.69, 9.17) is 22.2 Å². The first-order chi connectivity index (χ1) is 15.2. The number of H-pyrrole nitrogens is 1. The maximum absolute atomic E-state index is 6.26.